The van der Waals surface area contributed by atoms with Crippen LogP contribution in [0.2, 0.25) is 0 Å². The number of aromatic amines is 1. The lowest BCUT2D eigenvalue weighted by Crippen LogP contribution is -2.26. The van der Waals surface area contributed by atoms with Gasteiger partial charge in [-0.05, 0) is 0 Å². The second kappa shape index (κ2) is 8.05. The van der Waals surface area contributed by atoms with Crippen molar-refractivity contribution in [1.29, 1.82) is 5.26 Å². The number of rotatable bonds is 7. The smallest absolute Gasteiger partial charge is 0.280 e. The maximum absolute atomic E-state index is 11.8. The highest BCUT2D eigenvalue weighted by Gasteiger charge is 2.36. The summed E-state index contributed by atoms with van der Waals surface area (Å²) in [6, 6.07) is 1.94. The van der Waals surface area contributed by atoms with E-state index in [0.717, 1.165) is 0 Å². The van der Waals surface area contributed by atoms with Gasteiger partial charge in [0.05, 0.1) is 25.1 Å². The van der Waals surface area contributed by atoms with Crippen LogP contribution in [0.5, 0.6) is 0 Å². The van der Waals surface area contributed by atoms with Crippen molar-refractivity contribution in [3.63, 3.8) is 0 Å². The van der Waals surface area contributed by atoms with Crippen LogP contribution < -0.4 is 16.4 Å². The molecule has 1 unspecified atom stereocenters. The first-order valence-electron chi connectivity index (χ1n) is 7.78. The third kappa shape index (κ3) is 3.99. The Morgan fingerprint density at radius 2 is 2.46 bits per heavy atom. The van der Waals surface area contributed by atoms with Gasteiger partial charge in [-0.25, -0.2) is 10.1 Å². The van der Waals surface area contributed by atoms with Crippen LogP contribution in [0.15, 0.2) is 11.1 Å². The molecule has 13 heteroatoms. The molecule has 0 aliphatic carbocycles. The molecule has 0 spiro atoms. The number of fused-ring (bicyclic) bond motifs is 1. The van der Waals surface area contributed by atoms with Crippen LogP contribution in [-0.4, -0.2) is 54.9 Å². The Morgan fingerprint density at radius 1 is 1.65 bits per heavy atom. The summed E-state index contributed by atoms with van der Waals surface area (Å²) in [5, 5.41) is 21.3. The fourth-order valence-corrected chi connectivity index (χ4v) is 3.27. The van der Waals surface area contributed by atoms with E-state index >= 15 is 0 Å². The number of anilines is 1. The Balaban J connectivity index is 1.64. The first-order valence-corrected chi connectivity index (χ1v) is 8.99. The molecule has 0 aromatic carbocycles. The Labute approximate surface area is 148 Å². The second-order valence-corrected chi connectivity index (χ2v) is 6.71. The lowest BCUT2D eigenvalue weighted by molar-refractivity contribution is -0.0381. The van der Waals surface area contributed by atoms with Gasteiger partial charge in [0.15, 0.2) is 11.2 Å². The fraction of sp³-hybridized carbons (Fsp3) is 0.538. The monoisotopic (exact) mass is 383 g/mol. The lowest BCUT2D eigenvalue weighted by atomic mass is 10.2. The van der Waals surface area contributed by atoms with Crippen molar-refractivity contribution in [3.05, 3.63) is 16.7 Å². The summed E-state index contributed by atoms with van der Waals surface area (Å²) < 4.78 is 12.5. The van der Waals surface area contributed by atoms with Gasteiger partial charge < -0.3 is 25.0 Å². The average molecular weight is 383 g/mol. The van der Waals surface area contributed by atoms with E-state index in [9.17, 15) is 14.8 Å². The number of aliphatic hydroxyl groups excluding tert-OH is 1. The molecule has 1 fully saturated rings. The van der Waals surface area contributed by atoms with Gasteiger partial charge in [-0.1, -0.05) is 0 Å². The zero-order chi connectivity index (χ0) is 18.7. The van der Waals surface area contributed by atoms with E-state index in [1.807, 2.05) is 6.07 Å². The van der Waals surface area contributed by atoms with Gasteiger partial charge in [-0.3, -0.25) is 14.3 Å². The molecule has 0 saturated carbocycles. The third-order valence-corrected chi connectivity index (χ3v) is 4.70. The molecule has 3 heterocycles. The van der Waals surface area contributed by atoms with Crippen molar-refractivity contribution in [2.45, 2.75) is 31.3 Å². The molecule has 26 heavy (non-hydrogen) atoms. The first kappa shape index (κ1) is 18.7. The number of nitrogens with one attached hydrogen (secondary N) is 2. The van der Waals surface area contributed by atoms with Crippen LogP contribution in [0.1, 0.15) is 19.1 Å². The van der Waals surface area contributed by atoms with Crippen LogP contribution in [0.25, 0.3) is 11.2 Å². The maximum atomic E-state index is 11.8. The minimum absolute atomic E-state index is 0.0395. The van der Waals surface area contributed by atoms with Gasteiger partial charge in [-0.2, -0.15) is 10.2 Å². The molecular formula is C13H18N7O5P. The molecular weight excluding hydrogens is 365 g/mol. The summed E-state index contributed by atoms with van der Waals surface area (Å²) in [6.45, 7) is 0.264. The molecule has 0 radical (unpaired) electrons. The minimum Gasteiger partial charge on any atom is -0.390 e. The topological polar surface area (TPSA) is 184 Å². The van der Waals surface area contributed by atoms with E-state index in [4.69, 9.17) is 20.3 Å². The summed E-state index contributed by atoms with van der Waals surface area (Å²) >= 11 is 0. The number of nitrogens with zero attached hydrogens (tertiary/aromatic N) is 4. The number of nitrogens with two attached hydrogens (primary N) is 1. The Morgan fingerprint density at radius 3 is 3.23 bits per heavy atom. The molecule has 0 amide bonds. The summed E-state index contributed by atoms with van der Waals surface area (Å²) in [7, 11) is -1.91. The first-order chi connectivity index (χ1) is 12.5. The third-order valence-electron chi connectivity index (χ3n) is 3.81. The number of nitrogen functional groups attached to an aromatic ring is 1. The number of ether oxygens (including phenoxy) is 1. The number of aliphatic hydroxyl groups is 1. The van der Waals surface area contributed by atoms with Crippen LogP contribution in [0.4, 0.5) is 5.95 Å². The van der Waals surface area contributed by atoms with Gasteiger partial charge in [-0.15, -0.1) is 0 Å². The molecule has 140 valence electrons. The van der Waals surface area contributed by atoms with Crippen molar-refractivity contribution in [3.8, 4) is 6.07 Å². The van der Waals surface area contributed by atoms with Crippen molar-refractivity contribution < 1.29 is 19.3 Å². The molecule has 2 aromatic heterocycles. The number of hydrogen-bond donors (Lipinski definition) is 5. The molecule has 3 rings (SSSR count). The van der Waals surface area contributed by atoms with Gasteiger partial charge in [0, 0.05) is 19.4 Å². The molecule has 12 nitrogen and oxygen atoms in total. The second-order valence-electron chi connectivity index (χ2n) is 5.59. The van der Waals surface area contributed by atoms with Crippen molar-refractivity contribution >= 4 is 25.6 Å². The molecule has 1 aliphatic rings. The number of aromatic nitrogens is 4. The van der Waals surface area contributed by atoms with E-state index in [-0.39, 0.29) is 36.6 Å². The van der Waals surface area contributed by atoms with Gasteiger partial charge >= 0.3 is 0 Å². The Hall–Kier alpha value is -2.13. The van der Waals surface area contributed by atoms with Gasteiger partial charge in [0.2, 0.25) is 5.95 Å². The highest BCUT2D eigenvalue weighted by molar-refractivity contribution is 7.43. The largest absolute Gasteiger partial charge is 0.390 e. The van der Waals surface area contributed by atoms with E-state index < -0.39 is 32.5 Å². The fourth-order valence-electron chi connectivity index (χ4n) is 2.59. The quantitative estimate of drug-likeness (QED) is 0.296. The Bertz CT molecular complexity index is 865. The van der Waals surface area contributed by atoms with Crippen LogP contribution in [-0.2, 0) is 9.26 Å². The van der Waals surface area contributed by atoms with E-state index in [1.54, 1.807) is 0 Å². The zero-order valence-corrected chi connectivity index (χ0v) is 14.5. The summed E-state index contributed by atoms with van der Waals surface area (Å²) in [6.07, 6.45) is -0.232. The molecule has 1 aliphatic heterocycles. The highest BCUT2D eigenvalue weighted by atomic mass is 31.2. The minimum atomic E-state index is -1.91. The molecule has 6 N–H and O–H groups in total. The molecule has 1 saturated heterocycles. The van der Waals surface area contributed by atoms with Gasteiger partial charge in [0.1, 0.15) is 12.3 Å². The van der Waals surface area contributed by atoms with Crippen LogP contribution >= 0.6 is 8.53 Å². The normalized spacial score (nSPS) is 24.0. The van der Waals surface area contributed by atoms with Crippen molar-refractivity contribution in [1.82, 2.24) is 24.6 Å². The summed E-state index contributed by atoms with van der Waals surface area (Å²) in [5.41, 5.74) is 5.49. The SMILES string of the molecule is N#CCCNP(O)OC[C@H]1O[C@@H](n2cnc3c(=O)[nH]c(N)nc32)C[C@@H]1O. The zero-order valence-electron chi connectivity index (χ0n) is 13.6. The standard InChI is InChI=1S/C13H18N7O5P/c14-2-1-3-17-26(23)24-5-8-7(21)4-9(25-8)20-6-16-10-11(20)18-13(15)19-12(10)22/h6-9,17,21,23H,1,3-5H2,(H3,15,18,19,22)/t7-,8+,9+,26?/m0/s1. The van der Waals surface area contributed by atoms with Crippen LogP contribution in [0, 0.1) is 11.3 Å². The number of H-pyrrole nitrogens is 1. The van der Waals surface area contributed by atoms with Gasteiger partial charge in [0.25, 0.3) is 14.1 Å². The maximum Gasteiger partial charge on any atom is 0.280 e. The number of imidazole rings is 1. The summed E-state index contributed by atoms with van der Waals surface area (Å²) in [5.74, 6) is -0.0444. The van der Waals surface area contributed by atoms with E-state index in [0.29, 0.717) is 6.54 Å². The highest BCUT2D eigenvalue weighted by Crippen LogP contribution is 2.33. The van der Waals surface area contributed by atoms with E-state index in [1.165, 1.54) is 10.9 Å². The summed E-state index contributed by atoms with van der Waals surface area (Å²) in [4.78, 5) is 31.9. The molecule has 2 aromatic rings. The molecule has 0 bridgehead atoms. The lowest BCUT2D eigenvalue weighted by Gasteiger charge is -2.18. The molecule has 4 atom stereocenters. The van der Waals surface area contributed by atoms with E-state index in [2.05, 4.69) is 20.0 Å². The number of hydrogen-bond acceptors (Lipinski definition) is 10. The number of nitriles is 1. The van der Waals surface area contributed by atoms with Crippen molar-refractivity contribution in [2.75, 3.05) is 18.9 Å². The average Bonchev–Trinajstić information content (AvgIpc) is 3.16. The van der Waals surface area contributed by atoms with Crippen LogP contribution in [0.3, 0.4) is 0 Å². The van der Waals surface area contributed by atoms with Crippen molar-refractivity contribution in [2.24, 2.45) is 0 Å². The predicted octanol–water partition coefficient (Wildman–Crippen LogP) is -0.911. The predicted molar refractivity (Wildman–Crippen MR) is 90.4 cm³/mol. The Kier molecular flexibility index (Phi) is 5.77.